The molecule has 1 aromatic carbocycles. The zero-order valence-electron chi connectivity index (χ0n) is 17.4. The van der Waals surface area contributed by atoms with Gasteiger partial charge < -0.3 is 20.3 Å². The monoisotopic (exact) mass is 409 g/mol. The lowest BCUT2D eigenvalue weighted by atomic mass is 10.0. The second kappa shape index (κ2) is 8.02. The molecule has 8 nitrogen and oxygen atoms in total. The summed E-state index contributed by atoms with van der Waals surface area (Å²) in [6.45, 7) is 9.18. The Hall–Kier alpha value is -3.00. The van der Waals surface area contributed by atoms with Crippen molar-refractivity contribution in [3.8, 4) is 0 Å². The fourth-order valence-corrected chi connectivity index (χ4v) is 4.42. The fourth-order valence-electron chi connectivity index (χ4n) is 4.42. The van der Waals surface area contributed by atoms with Gasteiger partial charge in [-0.2, -0.15) is 0 Å². The quantitative estimate of drug-likeness (QED) is 0.666. The van der Waals surface area contributed by atoms with E-state index in [0.717, 1.165) is 41.8 Å². The van der Waals surface area contributed by atoms with Crippen LogP contribution in [0.4, 0.5) is 17.2 Å². The van der Waals surface area contributed by atoms with E-state index in [1.165, 1.54) is 0 Å². The number of fused-ring (bicyclic) bond motifs is 2. The van der Waals surface area contributed by atoms with Gasteiger partial charge in [-0.3, -0.25) is 9.59 Å². The summed E-state index contributed by atoms with van der Waals surface area (Å²) < 4.78 is 0. The highest BCUT2D eigenvalue weighted by atomic mass is 16.4. The van der Waals surface area contributed by atoms with Gasteiger partial charge in [0.2, 0.25) is 0 Å². The smallest absolute Gasteiger partial charge is 0.303 e. The molecule has 1 aromatic heterocycles. The Balaban J connectivity index is 1.57. The SMILES string of the molecule is C=c1nc2c(c(=O)[nH]1)=Nc1cc(C)c(C)cc1N2CCN[C@H]1CC[C@@H](CC(=O)O)C1. The van der Waals surface area contributed by atoms with E-state index in [9.17, 15) is 9.59 Å². The van der Waals surface area contributed by atoms with Crippen molar-refractivity contribution >= 4 is 29.7 Å². The van der Waals surface area contributed by atoms with E-state index < -0.39 is 5.97 Å². The first-order chi connectivity index (χ1) is 14.3. The Morgan fingerprint density at radius 3 is 2.87 bits per heavy atom. The largest absolute Gasteiger partial charge is 0.481 e. The average Bonchev–Trinajstić information content (AvgIpc) is 3.10. The lowest BCUT2D eigenvalue weighted by Gasteiger charge is -2.29. The van der Waals surface area contributed by atoms with Crippen LogP contribution in [0.25, 0.3) is 6.58 Å². The molecule has 1 saturated carbocycles. The molecule has 0 unspecified atom stereocenters. The number of carboxylic acid groups (broad SMARTS) is 1. The van der Waals surface area contributed by atoms with Gasteiger partial charge in [-0.25, -0.2) is 9.98 Å². The number of rotatable bonds is 6. The number of aromatic nitrogens is 2. The van der Waals surface area contributed by atoms with Gasteiger partial charge in [-0.05, 0) is 62.3 Å². The van der Waals surface area contributed by atoms with Crippen molar-refractivity contribution in [2.24, 2.45) is 10.9 Å². The van der Waals surface area contributed by atoms with Crippen molar-refractivity contribution in [3.63, 3.8) is 0 Å². The highest BCUT2D eigenvalue weighted by Gasteiger charge is 2.27. The molecule has 2 atom stereocenters. The minimum atomic E-state index is -0.725. The lowest BCUT2D eigenvalue weighted by Crippen LogP contribution is -2.44. The van der Waals surface area contributed by atoms with E-state index in [0.29, 0.717) is 35.8 Å². The number of hydrogen-bond acceptors (Lipinski definition) is 6. The maximum Gasteiger partial charge on any atom is 0.303 e. The Morgan fingerprint density at radius 1 is 1.33 bits per heavy atom. The van der Waals surface area contributed by atoms with Gasteiger partial charge in [0.1, 0.15) is 5.48 Å². The predicted octanol–water partition coefficient (Wildman–Crippen LogP) is 1.43. The predicted molar refractivity (Wildman–Crippen MR) is 115 cm³/mol. The van der Waals surface area contributed by atoms with Crippen molar-refractivity contribution in [3.05, 3.63) is 44.5 Å². The van der Waals surface area contributed by atoms with Crippen LogP contribution in [0.2, 0.25) is 0 Å². The van der Waals surface area contributed by atoms with Gasteiger partial charge in [0, 0.05) is 25.6 Å². The normalized spacial score (nSPS) is 19.9. The maximum atomic E-state index is 12.5. The van der Waals surface area contributed by atoms with Crippen molar-refractivity contribution in [2.45, 2.75) is 45.6 Å². The summed E-state index contributed by atoms with van der Waals surface area (Å²) in [6.07, 6.45) is 3.05. The Kier molecular flexibility index (Phi) is 5.42. The van der Waals surface area contributed by atoms with Crippen LogP contribution >= 0.6 is 0 Å². The highest BCUT2D eigenvalue weighted by molar-refractivity contribution is 5.77. The van der Waals surface area contributed by atoms with Crippen LogP contribution in [0.3, 0.4) is 0 Å². The first-order valence-corrected chi connectivity index (χ1v) is 10.3. The van der Waals surface area contributed by atoms with E-state index in [1.54, 1.807) is 0 Å². The van der Waals surface area contributed by atoms with Gasteiger partial charge in [-0.15, -0.1) is 0 Å². The molecule has 1 fully saturated rings. The van der Waals surface area contributed by atoms with Crippen LogP contribution < -0.4 is 26.6 Å². The Bertz CT molecular complexity index is 1160. The van der Waals surface area contributed by atoms with Crippen molar-refractivity contribution in [1.29, 1.82) is 0 Å². The molecule has 158 valence electrons. The number of aryl methyl sites for hydroxylation is 2. The summed E-state index contributed by atoms with van der Waals surface area (Å²) in [4.78, 5) is 37.1. The summed E-state index contributed by atoms with van der Waals surface area (Å²) in [6, 6.07) is 4.40. The molecule has 4 rings (SSSR count). The molecule has 0 radical (unpaired) electrons. The summed E-state index contributed by atoms with van der Waals surface area (Å²) in [5.41, 5.74) is 3.98. The molecule has 30 heavy (non-hydrogen) atoms. The van der Waals surface area contributed by atoms with E-state index in [-0.39, 0.29) is 17.9 Å². The molecule has 8 heteroatoms. The highest BCUT2D eigenvalue weighted by Crippen LogP contribution is 2.36. The van der Waals surface area contributed by atoms with Crippen molar-refractivity contribution in [2.75, 3.05) is 18.0 Å². The van der Waals surface area contributed by atoms with E-state index in [1.807, 2.05) is 17.9 Å². The van der Waals surface area contributed by atoms with Crippen LogP contribution in [-0.2, 0) is 4.79 Å². The maximum absolute atomic E-state index is 12.5. The summed E-state index contributed by atoms with van der Waals surface area (Å²) >= 11 is 0. The molecule has 2 aromatic rings. The molecule has 0 saturated heterocycles. The second-order valence-electron chi connectivity index (χ2n) is 8.30. The van der Waals surface area contributed by atoms with Crippen LogP contribution in [0, 0.1) is 19.8 Å². The van der Waals surface area contributed by atoms with Gasteiger partial charge in [-0.1, -0.05) is 6.58 Å². The second-order valence-corrected chi connectivity index (χ2v) is 8.30. The third kappa shape index (κ3) is 4.00. The molecule has 0 bridgehead atoms. The number of anilines is 2. The number of nitrogens with zero attached hydrogens (tertiary/aromatic N) is 3. The molecule has 1 aliphatic carbocycles. The number of aliphatic carboxylic acids is 1. The van der Waals surface area contributed by atoms with Crippen LogP contribution in [-0.4, -0.2) is 40.2 Å². The first kappa shape index (κ1) is 20.3. The molecule has 1 aliphatic heterocycles. The van der Waals surface area contributed by atoms with Crippen molar-refractivity contribution in [1.82, 2.24) is 15.3 Å². The number of benzene rings is 1. The number of carbonyl (C=O) groups is 1. The van der Waals surface area contributed by atoms with E-state index in [2.05, 4.69) is 39.8 Å². The molecular formula is C22H27N5O3. The van der Waals surface area contributed by atoms with E-state index >= 15 is 0 Å². The van der Waals surface area contributed by atoms with Gasteiger partial charge in [0.15, 0.2) is 11.2 Å². The minimum Gasteiger partial charge on any atom is -0.481 e. The standard InChI is InChI=1S/C22H27N5O3/c1-12-8-17-18(9-13(12)2)27(21-20(26-17)22(30)25-14(3)24-21)7-6-23-16-5-4-15(10-16)11-19(28)29/h8-9,15-16,23H,3-7,10-11H2,1-2H3,(H,25,30)(H,28,29)/t15-,16+/m1/s1. The summed E-state index contributed by atoms with van der Waals surface area (Å²) in [5.74, 6) is 0.0446. The van der Waals surface area contributed by atoms with Crippen molar-refractivity contribution < 1.29 is 9.90 Å². The van der Waals surface area contributed by atoms with E-state index in [4.69, 9.17) is 5.11 Å². The van der Waals surface area contributed by atoms with Crippen LogP contribution in [0.1, 0.15) is 36.8 Å². The van der Waals surface area contributed by atoms with Gasteiger partial charge in [0.25, 0.3) is 5.56 Å². The van der Waals surface area contributed by atoms with Gasteiger partial charge >= 0.3 is 5.97 Å². The third-order valence-electron chi connectivity index (χ3n) is 6.07. The Morgan fingerprint density at radius 2 is 2.10 bits per heavy atom. The number of aromatic amines is 1. The average molecular weight is 409 g/mol. The number of carboxylic acids is 1. The topological polar surface area (TPSA) is 111 Å². The molecular weight excluding hydrogens is 382 g/mol. The number of hydrogen-bond donors (Lipinski definition) is 3. The number of H-pyrrole nitrogens is 1. The minimum absolute atomic E-state index is 0.240. The zero-order valence-corrected chi connectivity index (χ0v) is 17.4. The Labute approximate surface area is 174 Å². The fraction of sp³-hybridized carbons (Fsp3) is 0.455. The van der Waals surface area contributed by atoms with Gasteiger partial charge in [0.05, 0.1) is 11.4 Å². The first-order valence-electron chi connectivity index (χ1n) is 10.3. The molecule has 0 amide bonds. The van der Waals surface area contributed by atoms with Crippen LogP contribution in [0.15, 0.2) is 21.9 Å². The lowest BCUT2D eigenvalue weighted by molar-refractivity contribution is -0.138. The molecule has 2 heterocycles. The summed E-state index contributed by atoms with van der Waals surface area (Å²) in [7, 11) is 0. The zero-order chi connectivity index (χ0) is 21.4. The third-order valence-corrected chi connectivity index (χ3v) is 6.07. The molecule has 0 spiro atoms. The summed E-state index contributed by atoms with van der Waals surface area (Å²) in [5, 5.41) is 12.9. The van der Waals surface area contributed by atoms with Crippen LogP contribution in [0.5, 0.6) is 0 Å². The molecule has 2 aliphatic rings. The number of nitrogens with one attached hydrogen (secondary N) is 2. The molecule has 3 N–H and O–H groups in total.